The molecule has 0 aliphatic heterocycles. The van der Waals surface area contributed by atoms with Gasteiger partial charge >= 0.3 is 0 Å². The lowest BCUT2D eigenvalue weighted by Gasteiger charge is -2.11. The van der Waals surface area contributed by atoms with Crippen molar-refractivity contribution in [2.24, 2.45) is 0 Å². The van der Waals surface area contributed by atoms with Gasteiger partial charge in [0.25, 0.3) is 0 Å². The first kappa shape index (κ1) is 13.4. The summed E-state index contributed by atoms with van der Waals surface area (Å²) >= 11 is 18.2. The van der Waals surface area contributed by atoms with Crippen LogP contribution in [0, 0.1) is 0 Å². The molecule has 0 aliphatic rings. The highest BCUT2D eigenvalue weighted by Crippen LogP contribution is 2.33. The van der Waals surface area contributed by atoms with Crippen LogP contribution in [0.2, 0.25) is 15.2 Å². The number of pyridine rings is 1. The van der Waals surface area contributed by atoms with Crippen molar-refractivity contribution in [3.8, 4) is 16.9 Å². The van der Waals surface area contributed by atoms with Crippen molar-refractivity contribution in [1.82, 2.24) is 14.5 Å². The molecule has 2 heterocycles. The van der Waals surface area contributed by atoms with Gasteiger partial charge in [-0.2, -0.15) is 0 Å². The van der Waals surface area contributed by atoms with Crippen LogP contribution in [-0.4, -0.2) is 14.5 Å². The summed E-state index contributed by atoms with van der Waals surface area (Å²) in [6, 6.07) is 8.87. The maximum atomic E-state index is 6.26. The minimum atomic E-state index is 0.398. The minimum absolute atomic E-state index is 0.398. The fourth-order valence-corrected chi connectivity index (χ4v) is 2.56. The quantitative estimate of drug-likeness (QED) is 0.628. The molecule has 2 aromatic heterocycles. The van der Waals surface area contributed by atoms with Gasteiger partial charge in [0.15, 0.2) is 0 Å². The predicted molar refractivity (Wildman–Crippen MR) is 81.8 cm³/mol. The Morgan fingerprint density at radius 1 is 1.00 bits per heavy atom. The van der Waals surface area contributed by atoms with E-state index in [1.165, 1.54) is 0 Å². The Hall–Kier alpha value is -1.55. The van der Waals surface area contributed by atoms with Crippen LogP contribution in [0.15, 0.2) is 49.1 Å². The Morgan fingerprint density at radius 2 is 1.85 bits per heavy atom. The number of halogens is 3. The molecule has 6 heteroatoms. The molecule has 3 nitrogen and oxygen atoms in total. The molecule has 0 amide bonds. The van der Waals surface area contributed by atoms with Crippen LogP contribution in [-0.2, 0) is 0 Å². The van der Waals surface area contributed by atoms with E-state index in [9.17, 15) is 0 Å². The highest BCUT2D eigenvalue weighted by atomic mass is 35.5. The van der Waals surface area contributed by atoms with Gasteiger partial charge < -0.3 is 4.57 Å². The normalized spacial score (nSPS) is 10.8. The van der Waals surface area contributed by atoms with Crippen LogP contribution in [0.3, 0.4) is 0 Å². The first-order valence-electron chi connectivity index (χ1n) is 5.75. The number of rotatable bonds is 2. The second kappa shape index (κ2) is 5.44. The van der Waals surface area contributed by atoms with E-state index < -0.39 is 0 Å². The van der Waals surface area contributed by atoms with Crippen LogP contribution < -0.4 is 0 Å². The smallest absolute Gasteiger partial charge is 0.129 e. The molecule has 0 saturated carbocycles. The summed E-state index contributed by atoms with van der Waals surface area (Å²) in [4.78, 5) is 8.42. The molecule has 0 radical (unpaired) electrons. The number of hydrogen-bond acceptors (Lipinski definition) is 2. The monoisotopic (exact) mass is 323 g/mol. The lowest BCUT2D eigenvalue weighted by molar-refractivity contribution is 1.04. The van der Waals surface area contributed by atoms with Crippen LogP contribution in [0.1, 0.15) is 0 Å². The molecule has 3 aromatic rings. The standard InChI is InChI=1S/C14H8Cl3N3/c15-9-1-2-10(11(16)7-9)14-12(3-4-13(17)19-14)20-6-5-18-8-20/h1-8H. The number of hydrogen-bond donors (Lipinski definition) is 0. The molecule has 0 saturated heterocycles. The van der Waals surface area contributed by atoms with Gasteiger partial charge in [-0.25, -0.2) is 9.97 Å². The van der Waals surface area contributed by atoms with E-state index in [4.69, 9.17) is 34.8 Å². The van der Waals surface area contributed by atoms with E-state index in [2.05, 4.69) is 9.97 Å². The molecule has 0 spiro atoms. The Labute approximate surface area is 130 Å². The molecule has 100 valence electrons. The zero-order valence-electron chi connectivity index (χ0n) is 10.1. The van der Waals surface area contributed by atoms with Gasteiger partial charge in [-0.3, -0.25) is 0 Å². The molecule has 0 atom stereocenters. The summed E-state index contributed by atoms with van der Waals surface area (Å²) in [5.74, 6) is 0. The highest BCUT2D eigenvalue weighted by Gasteiger charge is 2.13. The highest BCUT2D eigenvalue weighted by molar-refractivity contribution is 6.36. The zero-order chi connectivity index (χ0) is 14.1. The molecule has 3 rings (SSSR count). The second-order valence-corrected chi connectivity index (χ2v) is 5.33. The fraction of sp³-hybridized carbons (Fsp3) is 0. The first-order chi connectivity index (χ1) is 9.65. The minimum Gasteiger partial charge on any atom is -0.304 e. The Kier molecular flexibility index (Phi) is 3.66. The maximum absolute atomic E-state index is 6.26. The molecule has 0 aliphatic carbocycles. The number of aromatic nitrogens is 3. The Bertz CT molecular complexity index is 754. The van der Waals surface area contributed by atoms with E-state index >= 15 is 0 Å². The molecule has 0 bridgehead atoms. The summed E-state index contributed by atoms with van der Waals surface area (Å²) in [6.45, 7) is 0. The molecule has 1 aromatic carbocycles. The molecule has 0 fully saturated rings. The van der Waals surface area contributed by atoms with Crippen molar-refractivity contribution in [1.29, 1.82) is 0 Å². The number of imidazole rings is 1. The van der Waals surface area contributed by atoms with Crippen molar-refractivity contribution in [2.45, 2.75) is 0 Å². The van der Waals surface area contributed by atoms with E-state index in [1.54, 1.807) is 30.7 Å². The molecular formula is C14H8Cl3N3. The van der Waals surface area contributed by atoms with Gasteiger partial charge in [0.2, 0.25) is 0 Å². The van der Waals surface area contributed by atoms with Gasteiger partial charge in [-0.1, -0.05) is 34.8 Å². The van der Waals surface area contributed by atoms with Crippen LogP contribution in [0.4, 0.5) is 0 Å². The largest absolute Gasteiger partial charge is 0.304 e. The van der Waals surface area contributed by atoms with Gasteiger partial charge in [-0.15, -0.1) is 0 Å². The van der Waals surface area contributed by atoms with Crippen LogP contribution in [0.25, 0.3) is 16.9 Å². The third-order valence-electron chi connectivity index (χ3n) is 2.81. The van der Waals surface area contributed by atoms with Crippen LogP contribution in [0.5, 0.6) is 0 Å². The van der Waals surface area contributed by atoms with Crippen molar-refractivity contribution in [3.63, 3.8) is 0 Å². The molecule has 20 heavy (non-hydrogen) atoms. The average Bonchev–Trinajstić information content (AvgIpc) is 2.92. The van der Waals surface area contributed by atoms with Gasteiger partial charge in [-0.05, 0) is 30.3 Å². The van der Waals surface area contributed by atoms with Crippen molar-refractivity contribution < 1.29 is 0 Å². The topological polar surface area (TPSA) is 30.7 Å². The number of benzene rings is 1. The average molecular weight is 325 g/mol. The lowest BCUT2D eigenvalue weighted by atomic mass is 10.1. The van der Waals surface area contributed by atoms with E-state index in [0.29, 0.717) is 20.9 Å². The second-order valence-electron chi connectivity index (χ2n) is 4.10. The third kappa shape index (κ3) is 2.52. The maximum Gasteiger partial charge on any atom is 0.129 e. The predicted octanol–water partition coefficient (Wildman–Crippen LogP) is 4.89. The van der Waals surface area contributed by atoms with E-state index in [-0.39, 0.29) is 0 Å². The summed E-state index contributed by atoms with van der Waals surface area (Å²) in [6.07, 6.45) is 5.22. The molecule has 0 N–H and O–H groups in total. The molecule has 0 unspecified atom stereocenters. The first-order valence-corrected chi connectivity index (χ1v) is 6.89. The Morgan fingerprint density at radius 3 is 2.55 bits per heavy atom. The summed E-state index contributed by atoms with van der Waals surface area (Å²) in [7, 11) is 0. The third-order valence-corrected chi connectivity index (χ3v) is 3.57. The van der Waals surface area contributed by atoms with Crippen molar-refractivity contribution in [3.05, 3.63) is 64.3 Å². The van der Waals surface area contributed by atoms with Gasteiger partial charge in [0.1, 0.15) is 5.15 Å². The summed E-state index contributed by atoms with van der Waals surface area (Å²) < 4.78 is 1.85. The molecular weight excluding hydrogens is 317 g/mol. The van der Waals surface area contributed by atoms with E-state index in [1.807, 2.05) is 22.9 Å². The van der Waals surface area contributed by atoms with Gasteiger partial charge in [0, 0.05) is 23.0 Å². The Balaban J connectivity index is 2.24. The van der Waals surface area contributed by atoms with Gasteiger partial charge in [0.05, 0.1) is 22.7 Å². The van der Waals surface area contributed by atoms with Crippen molar-refractivity contribution >= 4 is 34.8 Å². The zero-order valence-corrected chi connectivity index (χ0v) is 12.4. The SMILES string of the molecule is Clc1ccc(-c2nc(Cl)ccc2-n2ccnc2)c(Cl)c1. The lowest BCUT2D eigenvalue weighted by Crippen LogP contribution is -1.97. The van der Waals surface area contributed by atoms with Crippen LogP contribution >= 0.6 is 34.8 Å². The number of nitrogens with zero attached hydrogens (tertiary/aromatic N) is 3. The van der Waals surface area contributed by atoms with E-state index in [0.717, 1.165) is 11.3 Å². The summed E-state index contributed by atoms with van der Waals surface area (Å²) in [5.41, 5.74) is 2.29. The van der Waals surface area contributed by atoms with Crippen molar-refractivity contribution in [2.75, 3.05) is 0 Å². The fourth-order valence-electron chi connectivity index (χ4n) is 1.92. The summed E-state index contributed by atoms with van der Waals surface area (Å²) in [5, 5.41) is 1.49.